The molecule has 0 aromatic carbocycles. The van der Waals surface area contributed by atoms with Crippen LogP contribution in [-0.2, 0) is 5.60 Å². The highest BCUT2D eigenvalue weighted by atomic mass is 32.1. The fraction of sp³-hybridized carbons (Fsp3) is 0.724. The molecule has 180 valence electrons. The van der Waals surface area contributed by atoms with E-state index in [0.29, 0.717) is 11.8 Å². The van der Waals surface area contributed by atoms with Crippen LogP contribution in [0.15, 0.2) is 22.9 Å². The Bertz CT molecular complexity index is 776. The molecule has 1 nitrogen and oxygen atoms in total. The van der Waals surface area contributed by atoms with Crippen LogP contribution in [0.3, 0.4) is 0 Å². The van der Waals surface area contributed by atoms with E-state index in [1.54, 1.807) is 0 Å². The Hall–Kier alpha value is -0.800. The number of fused-ring (bicyclic) bond motifs is 3. The topological polar surface area (TPSA) is 9.23 Å². The van der Waals surface area contributed by atoms with Gasteiger partial charge >= 0.3 is 0 Å². The minimum Gasteiger partial charge on any atom is -0.481 e. The van der Waals surface area contributed by atoms with Crippen LogP contribution < -0.4 is 4.74 Å². The van der Waals surface area contributed by atoms with Crippen LogP contribution in [0.25, 0.3) is 9.75 Å². The third-order valence-corrected chi connectivity index (χ3v) is 9.08. The van der Waals surface area contributed by atoms with Gasteiger partial charge in [0.05, 0.1) is 9.75 Å². The second-order valence-electron chi connectivity index (χ2n) is 11.3. The number of rotatable bonds is 14. The maximum Gasteiger partial charge on any atom is 0.140 e. The third-order valence-electron chi connectivity index (χ3n) is 7.11. The zero-order chi connectivity index (χ0) is 23.1. The van der Waals surface area contributed by atoms with Crippen LogP contribution in [0.4, 0.5) is 0 Å². The lowest BCUT2D eigenvalue weighted by Crippen LogP contribution is -2.38. The van der Waals surface area contributed by atoms with Gasteiger partial charge in [-0.3, -0.25) is 0 Å². The molecule has 3 heterocycles. The van der Waals surface area contributed by atoms with Gasteiger partial charge in [-0.05, 0) is 59.4 Å². The Kier molecular flexibility index (Phi) is 9.73. The van der Waals surface area contributed by atoms with E-state index in [2.05, 4.69) is 64.4 Å². The highest BCUT2D eigenvalue weighted by Crippen LogP contribution is 2.54. The summed E-state index contributed by atoms with van der Waals surface area (Å²) in [4.78, 5) is 2.82. The van der Waals surface area contributed by atoms with Gasteiger partial charge in [0.1, 0.15) is 11.4 Å². The molecular weight excluding hydrogens is 428 g/mol. The summed E-state index contributed by atoms with van der Waals surface area (Å²) in [5.41, 5.74) is 1.32. The molecule has 3 rings (SSSR count). The molecule has 0 fully saturated rings. The van der Waals surface area contributed by atoms with Crippen molar-refractivity contribution in [3.8, 4) is 15.5 Å². The maximum absolute atomic E-state index is 6.99. The molecular formula is C29H46OS2. The van der Waals surface area contributed by atoms with Crippen LogP contribution in [-0.4, -0.2) is 0 Å². The Labute approximate surface area is 206 Å². The van der Waals surface area contributed by atoms with E-state index in [0.717, 1.165) is 30.4 Å². The van der Waals surface area contributed by atoms with Crippen LogP contribution in [0.2, 0.25) is 0 Å². The molecule has 3 heteroatoms. The van der Waals surface area contributed by atoms with E-state index in [-0.39, 0.29) is 5.60 Å². The predicted octanol–water partition coefficient (Wildman–Crippen LogP) is 10.5. The average molecular weight is 475 g/mol. The van der Waals surface area contributed by atoms with Crippen molar-refractivity contribution >= 4 is 22.7 Å². The fourth-order valence-corrected chi connectivity index (χ4v) is 7.45. The van der Waals surface area contributed by atoms with Crippen LogP contribution in [0.5, 0.6) is 5.75 Å². The average Bonchev–Trinajstić information content (AvgIpc) is 3.37. The first-order chi connectivity index (χ1) is 15.3. The summed E-state index contributed by atoms with van der Waals surface area (Å²) in [6.07, 6.45) is 13.0. The molecule has 2 aromatic heterocycles. The SMILES string of the molecule is CC(C)CCCCC(C)CC1(CC(C)CCCCC(C)C)Oc2ccsc2-c2sccc21. The van der Waals surface area contributed by atoms with E-state index < -0.39 is 0 Å². The lowest BCUT2D eigenvalue weighted by Gasteiger charge is -2.41. The minimum absolute atomic E-state index is 0.154. The number of hydrogen-bond donors (Lipinski definition) is 0. The molecule has 0 saturated heterocycles. The highest BCUT2D eigenvalue weighted by molar-refractivity contribution is 7.20. The minimum atomic E-state index is -0.154. The van der Waals surface area contributed by atoms with Crippen molar-refractivity contribution in [2.24, 2.45) is 23.7 Å². The molecule has 2 unspecified atom stereocenters. The van der Waals surface area contributed by atoms with E-state index >= 15 is 0 Å². The lowest BCUT2D eigenvalue weighted by atomic mass is 9.75. The number of thiophene rings is 2. The molecule has 0 N–H and O–H groups in total. The van der Waals surface area contributed by atoms with E-state index in [4.69, 9.17) is 4.74 Å². The molecule has 0 spiro atoms. The van der Waals surface area contributed by atoms with Gasteiger partial charge in [0, 0.05) is 5.56 Å². The van der Waals surface area contributed by atoms with E-state index in [1.165, 1.54) is 66.7 Å². The lowest BCUT2D eigenvalue weighted by molar-refractivity contribution is 0.0138. The molecule has 2 atom stereocenters. The predicted molar refractivity (Wildman–Crippen MR) is 144 cm³/mol. The number of hydrogen-bond acceptors (Lipinski definition) is 3. The Morgan fingerprint density at radius 3 is 1.75 bits per heavy atom. The van der Waals surface area contributed by atoms with Gasteiger partial charge in [-0.15, -0.1) is 22.7 Å². The van der Waals surface area contributed by atoms with Crippen molar-refractivity contribution in [3.05, 3.63) is 28.5 Å². The smallest absolute Gasteiger partial charge is 0.140 e. The first kappa shape index (κ1) is 25.8. The zero-order valence-corrected chi connectivity index (χ0v) is 23.0. The molecule has 0 aliphatic carbocycles. The van der Waals surface area contributed by atoms with Crippen molar-refractivity contribution < 1.29 is 4.74 Å². The second kappa shape index (κ2) is 12.1. The van der Waals surface area contributed by atoms with Crippen molar-refractivity contribution in [2.75, 3.05) is 0 Å². The molecule has 1 aliphatic rings. The van der Waals surface area contributed by atoms with Gasteiger partial charge in [-0.2, -0.15) is 0 Å². The second-order valence-corrected chi connectivity index (χ2v) is 13.2. The molecule has 1 aliphatic heterocycles. The van der Waals surface area contributed by atoms with Gasteiger partial charge in [0.2, 0.25) is 0 Å². The number of unbranched alkanes of at least 4 members (excludes halogenated alkanes) is 2. The highest BCUT2D eigenvalue weighted by Gasteiger charge is 2.43. The first-order valence-electron chi connectivity index (χ1n) is 13.2. The van der Waals surface area contributed by atoms with Gasteiger partial charge in [-0.1, -0.05) is 92.9 Å². The van der Waals surface area contributed by atoms with Crippen molar-refractivity contribution in [3.63, 3.8) is 0 Å². The van der Waals surface area contributed by atoms with E-state index in [1.807, 2.05) is 22.7 Å². The van der Waals surface area contributed by atoms with Crippen molar-refractivity contribution in [1.82, 2.24) is 0 Å². The molecule has 0 amide bonds. The summed E-state index contributed by atoms with van der Waals surface area (Å²) in [6.45, 7) is 14.3. The van der Waals surface area contributed by atoms with Crippen LogP contribution in [0.1, 0.15) is 111 Å². The Morgan fingerprint density at radius 2 is 1.19 bits per heavy atom. The van der Waals surface area contributed by atoms with Gasteiger partial charge in [0.15, 0.2) is 0 Å². The standard InChI is InChI=1S/C29H46OS2/c1-21(2)11-7-9-13-23(5)19-29(20-24(6)14-10-8-12-22(3)4)25-15-17-31-27(25)28-26(30-29)16-18-32-28/h15-18,21-24H,7-14,19-20H2,1-6H3. The quantitative estimate of drug-likeness (QED) is 0.247. The van der Waals surface area contributed by atoms with Gasteiger partial charge < -0.3 is 4.74 Å². The monoisotopic (exact) mass is 474 g/mol. The molecule has 32 heavy (non-hydrogen) atoms. The van der Waals surface area contributed by atoms with Gasteiger partial charge in [-0.25, -0.2) is 0 Å². The number of ether oxygens (including phenoxy) is 1. The largest absolute Gasteiger partial charge is 0.481 e. The van der Waals surface area contributed by atoms with Gasteiger partial charge in [0.25, 0.3) is 0 Å². The maximum atomic E-state index is 6.99. The molecule has 2 aromatic rings. The van der Waals surface area contributed by atoms with Crippen LogP contribution >= 0.6 is 22.7 Å². The summed E-state index contributed by atoms with van der Waals surface area (Å²) in [6, 6.07) is 4.58. The normalized spacial score (nSPS) is 19.6. The molecule has 0 saturated carbocycles. The first-order valence-corrected chi connectivity index (χ1v) is 14.9. The van der Waals surface area contributed by atoms with Crippen LogP contribution in [0, 0.1) is 23.7 Å². The molecule has 0 bridgehead atoms. The van der Waals surface area contributed by atoms with Crippen molar-refractivity contribution in [2.45, 2.75) is 111 Å². The fourth-order valence-electron chi connectivity index (χ4n) is 5.46. The Morgan fingerprint density at radius 1 is 0.688 bits per heavy atom. The summed E-state index contributed by atoms with van der Waals surface area (Å²) >= 11 is 3.74. The summed E-state index contributed by atoms with van der Waals surface area (Å²) in [5, 5.41) is 4.49. The summed E-state index contributed by atoms with van der Waals surface area (Å²) in [7, 11) is 0. The van der Waals surface area contributed by atoms with E-state index in [9.17, 15) is 0 Å². The zero-order valence-electron chi connectivity index (χ0n) is 21.4. The third kappa shape index (κ3) is 6.86. The van der Waals surface area contributed by atoms with Crippen molar-refractivity contribution in [1.29, 1.82) is 0 Å². The Balaban J connectivity index is 1.72. The molecule has 0 radical (unpaired) electrons. The summed E-state index contributed by atoms with van der Waals surface area (Å²) in [5.74, 6) is 4.14. The summed E-state index contributed by atoms with van der Waals surface area (Å²) < 4.78 is 6.99.